The quantitative estimate of drug-likeness (QED) is 0.865. The Balaban J connectivity index is 2.18. The van der Waals surface area contributed by atoms with Crippen LogP contribution in [0.2, 0.25) is 0 Å². The highest BCUT2D eigenvalue weighted by molar-refractivity contribution is 5.01. The molecule has 0 amide bonds. The molecular weight excluding hydrogens is 252 g/mol. The van der Waals surface area contributed by atoms with Gasteiger partial charge in [-0.05, 0) is 45.6 Å². The molecule has 0 bridgehead atoms. The monoisotopic (exact) mass is 280 g/mol. The highest BCUT2D eigenvalue weighted by Gasteiger charge is 2.41. The molecule has 1 N–H and O–H groups in total. The summed E-state index contributed by atoms with van der Waals surface area (Å²) in [7, 11) is 0. The van der Waals surface area contributed by atoms with Crippen molar-refractivity contribution in [2.45, 2.75) is 65.6 Å². The zero-order chi connectivity index (χ0) is 14.8. The van der Waals surface area contributed by atoms with E-state index in [1.165, 1.54) is 0 Å². The molecule has 20 heavy (non-hydrogen) atoms. The van der Waals surface area contributed by atoms with E-state index in [9.17, 15) is 5.11 Å². The van der Waals surface area contributed by atoms with Crippen molar-refractivity contribution in [3.8, 4) is 0 Å². The molecule has 0 radical (unpaired) electrons. The minimum atomic E-state index is -0.0629. The van der Waals surface area contributed by atoms with Gasteiger partial charge < -0.3 is 9.67 Å². The number of hydrogen-bond acceptors (Lipinski definition) is 4. The number of aliphatic hydroxyl groups excluding tert-OH is 1. The molecular formula is C15H28N4O. The molecule has 1 aliphatic heterocycles. The molecule has 0 aromatic carbocycles. The third-order valence-corrected chi connectivity index (χ3v) is 4.48. The number of aliphatic hydroxyl groups is 1. The lowest BCUT2D eigenvalue weighted by Crippen LogP contribution is -2.47. The zero-order valence-electron chi connectivity index (χ0n) is 13.3. The smallest absolute Gasteiger partial charge is 0.147 e. The lowest BCUT2D eigenvalue weighted by Gasteiger charge is -2.38. The number of aryl methyl sites for hydroxylation is 1. The molecule has 1 aromatic heterocycles. The highest BCUT2D eigenvalue weighted by Crippen LogP contribution is 2.35. The maximum absolute atomic E-state index is 9.96. The van der Waals surface area contributed by atoms with Gasteiger partial charge in [-0.15, -0.1) is 10.2 Å². The lowest BCUT2D eigenvalue weighted by molar-refractivity contribution is 0.0385. The standard InChI is InChI=1S/C15H28N4O/c1-5-19-13(4)16-17-14(19)10-18-8-6-7-15(18,11-20)9-12(2)3/h12,20H,5-11H2,1-4H3. The van der Waals surface area contributed by atoms with Crippen molar-refractivity contribution in [3.05, 3.63) is 11.6 Å². The van der Waals surface area contributed by atoms with Gasteiger partial charge in [0, 0.05) is 12.1 Å². The van der Waals surface area contributed by atoms with E-state index in [0.29, 0.717) is 5.92 Å². The van der Waals surface area contributed by atoms with Gasteiger partial charge in [-0.3, -0.25) is 4.90 Å². The third-order valence-electron chi connectivity index (χ3n) is 4.48. The predicted molar refractivity (Wildman–Crippen MR) is 79.3 cm³/mol. The topological polar surface area (TPSA) is 54.2 Å². The molecule has 1 aromatic rings. The summed E-state index contributed by atoms with van der Waals surface area (Å²) in [5, 5.41) is 18.5. The van der Waals surface area contributed by atoms with Crippen LogP contribution in [0.3, 0.4) is 0 Å². The molecule has 2 heterocycles. The molecule has 1 saturated heterocycles. The Morgan fingerprint density at radius 1 is 1.35 bits per heavy atom. The summed E-state index contributed by atoms with van der Waals surface area (Å²) in [5.74, 6) is 2.59. The number of hydrogen-bond donors (Lipinski definition) is 1. The average Bonchev–Trinajstić information content (AvgIpc) is 2.94. The Kier molecular flexibility index (Phi) is 4.81. The fraction of sp³-hybridized carbons (Fsp3) is 0.867. The van der Waals surface area contributed by atoms with Crippen LogP contribution in [0.4, 0.5) is 0 Å². The van der Waals surface area contributed by atoms with Gasteiger partial charge in [0.15, 0.2) is 0 Å². The second kappa shape index (κ2) is 6.22. The summed E-state index contributed by atoms with van der Waals surface area (Å²) in [6.07, 6.45) is 3.29. The van der Waals surface area contributed by atoms with Crippen LogP contribution in [0, 0.1) is 12.8 Å². The van der Waals surface area contributed by atoms with Crippen molar-refractivity contribution in [3.63, 3.8) is 0 Å². The molecule has 1 atom stereocenters. The van der Waals surface area contributed by atoms with E-state index in [1.807, 2.05) is 6.92 Å². The van der Waals surface area contributed by atoms with E-state index in [0.717, 1.165) is 50.5 Å². The molecule has 0 saturated carbocycles. The van der Waals surface area contributed by atoms with Crippen molar-refractivity contribution in [1.29, 1.82) is 0 Å². The van der Waals surface area contributed by atoms with E-state index < -0.39 is 0 Å². The second-order valence-corrected chi connectivity index (χ2v) is 6.41. The van der Waals surface area contributed by atoms with Gasteiger partial charge in [0.1, 0.15) is 11.6 Å². The first-order valence-corrected chi connectivity index (χ1v) is 7.77. The zero-order valence-corrected chi connectivity index (χ0v) is 13.3. The fourth-order valence-corrected chi connectivity index (χ4v) is 3.60. The van der Waals surface area contributed by atoms with Crippen molar-refractivity contribution in [1.82, 2.24) is 19.7 Å². The van der Waals surface area contributed by atoms with E-state index in [2.05, 4.69) is 40.4 Å². The minimum Gasteiger partial charge on any atom is -0.394 e. The molecule has 1 unspecified atom stereocenters. The Bertz CT molecular complexity index is 443. The summed E-state index contributed by atoms with van der Waals surface area (Å²) < 4.78 is 2.16. The number of rotatable bonds is 6. The number of aromatic nitrogens is 3. The molecule has 2 rings (SSSR count). The summed E-state index contributed by atoms with van der Waals surface area (Å²) >= 11 is 0. The highest BCUT2D eigenvalue weighted by atomic mass is 16.3. The van der Waals surface area contributed by atoms with Gasteiger partial charge in [0.05, 0.1) is 13.2 Å². The van der Waals surface area contributed by atoms with Crippen LogP contribution >= 0.6 is 0 Å². The van der Waals surface area contributed by atoms with Gasteiger partial charge in [0.2, 0.25) is 0 Å². The van der Waals surface area contributed by atoms with Crippen LogP contribution in [-0.4, -0.2) is 43.5 Å². The van der Waals surface area contributed by atoms with Gasteiger partial charge in [0.25, 0.3) is 0 Å². The molecule has 114 valence electrons. The Labute approximate surface area is 122 Å². The predicted octanol–water partition coefficient (Wildman–Crippen LogP) is 1.98. The summed E-state index contributed by atoms with van der Waals surface area (Å²) in [6.45, 7) is 11.6. The first-order valence-electron chi connectivity index (χ1n) is 7.77. The van der Waals surface area contributed by atoms with E-state index >= 15 is 0 Å². The first-order chi connectivity index (χ1) is 9.52. The van der Waals surface area contributed by atoms with Crippen LogP contribution in [0.5, 0.6) is 0 Å². The normalized spacial score (nSPS) is 23.9. The Morgan fingerprint density at radius 3 is 2.70 bits per heavy atom. The minimum absolute atomic E-state index is 0.0629. The molecule has 1 fully saturated rings. The van der Waals surface area contributed by atoms with Crippen LogP contribution in [-0.2, 0) is 13.1 Å². The number of nitrogens with zero attached hydrogens (tertiary/aromatic N) is 4. The first kappa shape index (κ1) is 15.4. The van der Waals surface area contributed by atoms with Crippen molar-refractivity contribution in [2.24, 2.45) is 5.92 Å². The van der Waals surface area contributed by atoms with E-state index in [-0.39, 0.29) is 12.1 Å². The van der Waals surface area contributed by atoms with Crippen LogP contribution in [0.25, 0.3) is 0 Å². The largest absolute Gasteiger partial charge is 0.394 e. The maximum Gasteiger partial charge on any atom is 0.147 e. The summed E-state index contributed by atoms with van der Waals surface area (Å²) in [5.41, 5.74) is -0.0629. The van der Waals surface area contributed by atoms with Crippen LogP contribution < -0.4 is 0 Å². The van der Waals surface area contributed by atoms with Gasteiger partial charge in [-0.2, -0.15) is 0 Å². The summed E-state index contributed by atoms with van der Waals surface area (Å²) in [4.78, 5) is 2.42. The van der Waals surface area contributed by atoms with Gasteiger partial charge in [-0.25, -0.2) is 0 Å². The SMILES string of the molecule is CCn1c(C)nnc1CN1CCCC1(CO)CC(C)C. The molecule has 1 aliphatic rings. The molecule has 5 heteroatoms. The van der Waals surface area contributed by atoms with E-state index in [1.54, 1.807) is 0 Å². The van der Waals surface area contributed by atoms with E-state index in [4.69, 9.17) is 0 Å². The van der Waals surface area contributed by atoms with Gasteiger partial charge in [-0.1, -0.05) is 13.8 Å². The molecule has 0 spiro atoms. The summed E-state index contributed by atoms with van der Waals surface area (Å²) in [6, 6.07) is 0. The van der Waals surface area contributed by atoms with Crippen molar-refractivity contribution < 1.29 is 5.11 Å². The third kappa shape index (κ3) is 2.88. The van der Waals surface area contributed by atoms with Gasteiger partial charge >= 0.3 is 0 Å². The Morgan fingerprint density at radius 2 is 2.10 bits per heavy atom. The molecule has 0 aliphatic carbocycles. The fourth-order valence-electron chi connectivity index (χ4n) is 3.60. The Hall–Kier alpha value is -0.940. The average molecular weight is 280 g/mol. The maximum atomic E-state index is 9.96. The molecule has 5 nitrogen and oxygen atoms in total. The lowest BCUT2D eigenvalue weighted by atomic mass is 9.87. The van der Waals surface area contributed by atoms with Crippen LogP contribution in [0.1, 0.15) is 51.7 Å². The number of likely N-dealkylation sites (tertiary alicyclic amines) is 1. The second-order valence-electron chi connectivity index (χ2n) is 6.41. The van der Waals surface area contributed by atoms with Crippen molar-refractivity contribution >= 4 is 0 Å². The van der Waals surface area contributed by atoms with Crippen molar-refractivity contribution in [2.75, 3.05) is 13.2 Å². The van der Waals surface area contributed by atoms with Crippen LogP contribution in [0.15, 0.2) is 0 Å².